The lowest BCUT2D eigenvalue weighted by Gasteiger charge is -2.39. The van der Waals surface area contributed by atoms with E-state index in [1.165, 1.54) is 6.42 Å². The summed E-state index contributed by atoms with van der Waals surface area (Å²) < 4.78 is 0. The van der Waals surface area contributed by atoms with E-state index in [2.05, 4.69) is 23.8 Å². The van der Waals surface area contributed by atoms with Crippen LogP contribution in [0.4, 0.5) is 0 Å². The van der Waals surface area contributed by atoms with Gasteiger partial charge in [0.25, 0.3) is 0 Å². The zero-order valence-corrected chi connectivity index (χ0v) is 12.7. The van der Waals surface area contributed by atoms with Crippen molar-refractivity contribution in [3.63, 3.8) is 0 Å². The van der Waals surface area contributed by atoms with Crippen LogP contribution in [-0.4, -0.2) is 60.5 Å². The zero-order valence-electron chi connectivity index (χ0n) is 12.7. The minimum absolute atomic E-state index is 0.404. The van der Waals surface area contributed by atoms with Crippen LogP contribution in [0.2, 0.25) is 0 Å². The predicted molar refractivity (Wildman–Crippen MR) is 78.8 cm³/mol. The Hall–Kier alpha value is -0.650. The van der Waals surface area contributed by atoms with Crippen LogP contribution in [0.1, 0.15) is 39.5 Å². The van der Waals surface area contributed by atoms with Gasteiger partial charge in [-0.05, 0) is 46.2 Å². The van der Waals surface area contributed by atoms with Crippen LogP contribution in [0, 0.1) is 0 Å². The van der Waals surface area contributed by atoms with E-state index >= 15 is 0 Å². The molecule has 1 aliphatic rings. The van der Waals surface area contributed by atoms with Crippen molar-refractivity contribution in [2.75, 3.05) is 33.2 Å². The van der Waals surface area contributed by atoms with Gasteiger partial charge >= 0.3 is 0 Å². The number of carbonyl (C=O) groups excluding carboxylic acids is 1. The summed E-state index contributed by atoms with van der Waals surface area (Å²) >= 11 is 0. The van der Waals surface area contributed by atoms with Gasteiger partial charge in [0.2, 0.25) is 5.91 Å². The number of hydrogen-bond donors (Lipinski definition) is 2. The average Bonchev–Trinajstić information content (AvgIpc) is 2.36. The maximum atomic E-state index is 11.1. The summed E-state index contributed by atoms with van der Waals surface area (Å²) in [7, 11) is 2.21. The average molecular weight is 270 g/mol. The summed E-state index contributed by atoms with van der Waals surface area (Å²) in [5.74, 6) is -0.404. The number of likely N-dealkylation sites (N-methyl/N-ethyl adjacent to an activating group) is 1. The van der Waals surface area contributed by atoms with Gasteiger partial charge in [-0.2, -0.15) is 0 Å². The first-order valence-electron chi connectivity index (χ1n) is 7.38. The summed E-state index contributed by atoms with van der Waals surface area (Å²) in [6.45, 7) is 8.51. The molecule has 0 saturated carbocycles. The Labute approximate surface area is 117 Å². The van der Waals surface area contributed by atoms with E-state index in [-0.39, 0.29) is 0 Å². The highest BCUT2D eigenvalue weighted by Crippen LogP contribution is 2.14. The van der Waals surface area contributed by atoms with Crippen LogP contribution < -0.4 is 11.5 Å². The molecule has 0 radical (unpaired) electrons. The first kappa shape index (κ1) is 16.4. The van der Waals surface area contributed by atoms with E-state index in [0.717, 1.165) is 39.0 Å². The normalized spacial score (nSPS) is 25.2. The number of rotatable bonds is 7. The smallest absolute Gasteiger partial charge is 0.237 e. The van der Waals surface area contributed by atoms with Crippen LogP contribution in [-0.2, 0) is 4.79 Å². The SMILES string of the molecule is CCC1CN(CCCCC(C)(N)C(N)=O)CCN1C. The standard InChI is InChI=1S/C14H30N4O/c1-4-12-11-18(10-9-17(12)3)8-6-5-7-14(2,16)13(15)19/h12H,4-11,16H2,1-3H3,(H2,15,19). The molecule has 1 rings (SSSR count). The molecule has 0 spiro atoms. The number of unbranched alkanes of at least 4 members (excludes halogenated alkanes) is 1. The van der Waals surface area contributed by atoms with Crippen LogP contribution in [0.5, 0.6) is 0 Å². The Balaban J connectivity index is 2.21. The number of carbonyl (C=O) groups is 1. The van der Waals surface area contributed by atoms with Gasteiger partial charge in [-0.15, -0.1) is 0 Å². The van der Waals surface area contributed by atoms with Gasteiger partial charge in [0.05, 0.1) is 5.54 Å². The summed E-state index contributed by atoms with van der Waals surface area (Å²) in [4.78, 5) is 16.1. The van der Waals surface area contributed by atoms with Crippen molar-refractivity contribution in [3.8, 4) is 0 Å². The third kappa shape index (κ3) is 5.09. The first-order chi connectivity index (χ1) is 8.86. The first-order valence-corrected chi connectivity index (χ1v) is 7.38. The van der Waals surface area contributed by atoms with Crippen LogP contribution in [0.25, 0.3) is 0 Å². The monoisotopic (exact) mass is 270 g/mol. The van der Waals surface area contributed by atoms with Gasteiger partial charge < -0.3 is 21.3 Å². The Morgan fingerprint density at radius 1 is 1.37 bits per heavy atom. The van der Waals surface area contributed by atoms with E-state index < -0.39 is 11.4 Å². The van der Waals surface area contributed by atoms with Crippen molar-refractivity contribution in [2.24, 2.45) is 11.5 Å². The van der Waals surface area contributed by atoms with Gasteiger partial charge in [-0.1, -0.05) is 6.92 Å². The zero-order chi connectivity index (χ0) is 14.5. The second kappa shape index (κ2) is 7.22. The molecule has 19 heavy (non-hydrogen) atoms. The number of hydrogen-bond acceptors (Lipinski definition) is 4. The molecule has 0 aliphatic carbocycles. The minimum atomic E-state index is -0.853. The molecule has 1 fully saturated rings. The molecule has 2 unspecified atom stereocenters. The van der Waals surface area contributed by atoms with Gasteiger partial charge in [0, 0.05) is 25.7 Å². The summed E-state index contributed by atoms with van der Waals surface area (Å²) in [5, 5.41) is 0. The molecule has 1 saturated heterocycles. The predicted octanol–water partition coefficient (Wildman–Crippen LogP) is 0.385. The van der Waals surface area contributed by atoms with Gasteiger partial charge in [0.15, 0.2) is 0 Å². The molecule has 1 heterocycles. The number of primary amides is 1. The van der Waals surface area contributed by atoms with Gasteiger partial charge in [-0.3, -0.25) is 4.79 Å². The Morgan fingerprint density at radius 2 is 2.05 bits per heavy atom. The highest BCUT2D eigenvalue weighted by molar-refractivity contribution is 5.83. The van der Waals surface area contributed by atoms with Crippen molar-refractivity contribution in [1.29, 1.82) is 0 Å². The van der Waals surface area contributed by atoms with Crippen molar-refractivity contribution < 1.29 is 4.79 Å². The summed E-state index contributed by atoms with van der Waals surface area (Å²) in [6.07, 6.45) is 3.92. The van der Waals surface area contributed by atoms with E-state index in [1.807, 2.05) is 0 Å². The summed E-state index contributed by atoms with van der Waals surface area (Å²) in [6, 6.07) is 0.680. The topological polar surface area (TPSA) is 75.6 Å². The molecular formula is C14H30N4O. The van der Waals surface area contributed by atoms with Crippen molar-refractivity contribution in [2.45, 2.75) is 51.1 Å². The minimum Gasteiger partial charge on any atom is -0.368 e. The van der Waals surface area contributed by atoms with Crippen LogP contribution in [0.15, 0.2) is 0 Å². The maximum absolute atomic E-state index is 11.1. The molecule has 2 atom stereocenters. The van der Waals surface area contributed by atoms with E-state index in [4.69, 9.17) is 11.5 Å². The molecule has 0 aromatic heterocycles. The quantitative estimate of drug-likeness (QED) is 0.656. The highest BCUT2D eigenvalue weighted by atomic mass is 16.1. The van der Waals surface area contributed by atoms with Crippen LogP contribution in [0.3, 0.4) is 0 Å². The lowest BCUT2D eigenvalue weighted by Crippen LogP contribution is -2.51. The number of nitrogens with two attached hydrogens (primary N) is 2. The van der Waals surface area contributed by atoms with Gasteiger partial charge in [0.1, 0.15) is 0 Å². The fourth-order valence-electron chi connectivity index (χ4n) is 2.61. The lowest BCUT2D eigenvalue weighted by molar-refractivity contribution is -0.122. The van der Waals surface area contributed by atoms with Gasteiger partial charge in [-0.25, -0.2) is 0 Å². The summed E-state index contributed by atoms with van der Waals surface area (Å²) in [5.41, 5.74) is 10.3. The number of nitrogens with zero attached hydrogens (tertiary/aromatic N) is 2. The lowest BCUT2D eigenvalue weighted by atomic mass is 9.95. The Kier molecular flexibility index (Phi) is 6.23. The second-order valence-corrected chi connectivity index (χ2v) is 6.08. The third-order valence-corrected chi connectivity index (χ3v) is 4.32. The third-order valence-electron chi connectivity index (χ3n) is 4.32. The molecular weight excluding hydrogens is 240 g/mol. The molecule has 5 heteroatoms. The molecule has 4 N–H and O–H groups in total. The molecule has 112 valence electrons. The number of amides is 1. The van der Waals surface area contributed by atoms with Crippen LogP contribution >= 0.6 is 0 Å². The van der Waals surface area contributed by atoms with Crippen molar-refractivity contribution >= 4 is 5.91 Å². The molecule has 0 bridgehead atoms. The van der Waals surface area contributed by atoms with E-state index in [9.17, 15) is 4.79 Å². The largest absolute Gasteiger partial charge is 0.368 e. The van der Waals surface area contributed by atoms with Crippen molar-refractivity contribution in [1.82, 2.24) is 9.80 Å². The van der Waals surface area contributed by atoms with Crippen molar-refractivity contribution in [3.05, 3.63) is 0 Å². The molecule has 5 nitrogen and oxygen atoms in total. The Morgan fingerprint density at radius 3 is 2.63 bits per heavy atom. The fraction of sp³-hybridized carbons (Fsp3) is 0.929. The second-order valence-electron chi connectivity index (χ2n) is 6.08. The molecule has 0 aromatic rings. The molecule has 1 amide bonds. The molecule has 0 aromatic carbocycles. The molecule has 1 aliphatic heterocycles. The van der Waals surface area contributed by atoms with E-state index in [0.29, 0.717) is 12.5 Å². The number of piperazine rings is 1. The Bertz CT molecular complexity index is 293. The maximum Gasteiger partial charge on any atom is 0.237 e. The fourth-order valence-corrected chi connectivity index (χ4v) is 2.61. The van der Waals surface area contributed by atoms with E-state index in [1.54, 1.807) is 6.92 Å². The highest BCUT2D eigenvalue weighted by Gasteiger charge is 2.25.